The number of hydrogen-bond donors (Lipinski definition) is 1. The third-order valence-corrected chi connectivity index (χ3v) is 6.15. The fourth-order valence-corrected chi connectivity index (χ4v) is 4.15. The molecule has 5 heteroatoms. The van der Waals surface area contributed by atoms with E-state index in [-0.39, 0.29) is 22.5 Å². The molecule has 0 saturated heterocycles. The number of rotatable bonds is 3. The normalized spacial score (nSPS) is 33.1. The monoisotopic (exact) mass is 290 g/mol. The Hall–Kier alpha value is -1.65. The zero-order valence-electron chi connectivity index (χ0n) is 13.0. The molecular weight excluding hydrogens is 268 g/mol. The summed E-state index contributed by atoms with van der Waals surface area (Å²) < 4.78 is 6.05. The summed E-state index contributed by atoms with van der Waals surface area (Å²) in [5, 5.41) is 9.02. The number of aromatic nitrogens is 2. The summed E-state index contributed by atoms with van der Waals surface area (Å²) in [6.45, 7) is 8.62. The first-order chi connectivity index (χ1) is 9.75. The van der Waals surface area contributed by atoms with Crippen LogP contribution in [0, 0.1) is 23.7 Å². The molecule has 0 spiro atoms. The van der Waals surface area contributed by atoms with Gasteiger partial charge in [-0.15, -0.1) is 0 Å². The lowest BCUT2D eigenvalue weighted by Gasteiger charge is -2.38. The van der Waals surface area contributed by atoms with Crippen molar-refractivity contribution < 1.29 is 14.6 Å². The van der Waals surface area contributed by atoms with E-state index in [2.05, 4.69) is 30.7 Å². The van der Waals surface area contributed by atoms with Crippen LogP contribution in [0.1, 0.15) is 56.1 Å². The van der Waals surface area contributed by atoms with Crippen molar-refractivity contribution in [1.29, 1.82) is 0 Å². The van der Waals surface area contributed by atoms with Crippen LogP contribution >= 0.6 is 0 Å². The minimum Gasteiger partial charge on any atom is -0.478 e. The van der Waals surface area contributed by atoms with Gasteiger partial charge in [-0.3, -0.25) is 0 Å². The van der Waals surface area contributed by atoms with E-state index in [1.54, 1.807) is 6.92 Å². The maximum Gasteiger partial charge on any atom is 0.339 e. The number of aromatic carboxylic acids is 1. The SMILES string of the molecule is Cc1nc(OC2CC3CCC2(C)C3(C)C)ncc1C(=O)O. The summed E-state index contributed by atoms with van der Waals surface area (Å²) in [5.74, 6) is -0.320. The number of hydrogen-bond acceptors (Lipinski definition) is 4. The van der Waals surface area contributed by atoms with Gasteiger partial charge in [0.1, 0.15) is 6.10 Å². The summed E-state index contributed by atoms with van der Waals surface area (Å²) in [6.07, 6.45) is 4.91. The second-order valence-corrected chi connectivity index (χ2v) is 7.17. The van der Waals surface area contributed by atoms with Crippen molar-refractivity contribution in [2.75, 3.05) is 0 Å². The van der Waals surface area contributed by atoms with Gasteiger partial charge >= 0.3 is 12.0 Å². The summed E-state index contributed by atoms with van der Waals surface area (Å²) in [4.78, 5) is 19.3. The molecule has 114 valence electrons. The van der Waals surface area contributed by atoms with E-state index < -0.39 is 5.97 Å². The van der Waals surface area contributed by atoms with Crippen LogP contribution in [-0.4, -0.2) is 27.1 Å². The Morgan fingerprint density at radius 2 is 2.14 bits per heavy atom. The molecule has 3 atom stereocenters. The van der Waals surface area contributed by atoms with Gasteiger partial charge in [0.25, 0.3) is 0 Å². The van der Waals surface area contributed by atoms with Crippen LogP contribution in [-0.2, 0) is 0 Å². The van der Waals surface area contributed by atoms with Crippen LogP contribution in [0.25, 0.3) is 0 Å². The second-order valence-electron chi connectivity index (χ2n) is 7.17. The molecule has 21 heavy (non-hydrogen) atoms. The number of ether oxygens (including phenoxy) is 1. The molecular formula is C16H22N2O3. The highest BCUT2D eigenvalue weighted by atomic mass is 16.5. The highest BCUT2D eigenvalue weighted by Crippen LogP contribution is 2.65. The van der Waals surface area contributed by atoms with Gasteiger partial charge in [0.2, 0.25) is 0 Å². The molecule has 5 nitrogen and oxygen atoms in total. The molecule has 3 rings (SSSR count). The van der Waals surface area contributed by atoms with Gasteiger partial charge in [0.15, 0.2) is 0 Å². The Morgan fingerprint density at radius 3 is 2.62 bits per heavy atom. The molecule has 1 heterocycles. The Morgan fingerprint density at radius 1 is 1.43 bits per heavy atom. The van der Waals surface area contributed by atoms with Gasteiger partial charge in [-0.25, -0.2) is 9.78 Å². The smallest absolute Gasteiger partial charge is 0.339 e. The van der Waals surface area contributed by atoms with E-state index in [0.29, 0.717) is 17.6 Å². The molecule has 2 aliphatic rings. The van der Waals surface area contributed by atoms with Gasteiger partial charge in [-0.2, -0.15) is 4.98 Å². The Kier molecular flexibility index (Phi) is 3.01. The van der Waals surface area contributed by atoms with Crippen molar-refractivity contribution in [3.05, 3.63) is 17.5 Å². The summed E-state index contributed by atoms with van der Waals surface area (Å²) in [5.41, 5.74) is 0.982. The maximum absolute atomic E-state index is 11.0. The number of carboxylic acid groups (broad SMARTS) is 1. The van der Waals surface area contributed by atoms with Gasteiger partial charge in [-0.05, 0) is 37.5 Å². The lowest BCUT2D eigenvalue weighted by atomic mass is 9.70. The minimum atomic E-state index is -1.01. The maximum atomic E-state index is 11.0. The van der Waals surface area contributed by atoms with Gasteiger partial charge in [-0.1, -0.05) is 20.8 Å². The Balaban J connectivity index is 1.83. The lowest BCUT2D eigenvalue weighted by Crippen LogP contribution is -2.39. The van der Waals surface area contributed by atoms with Crippen molar-refractivity contribution >= 4 is 5.97 Å². The van der Waals surface area contributed by atoms with E-state index in [0.717, 1.165) is 6.42 Å². The molecule has 1 N–H and O–H groups in total. The third-order valence-electron chi connectivity index (χ3n) is 6.15. The number of carboxylic acids is 1. The number of fused-ring (bicyclic) bond motifs is 2. The van der Waals surface area contributed by atoms with E-state index in [1.165, 1.54) is 19.0 Å². The molecule has 2 saturated carbocycles. The Labute approximate surface area is 124 Å². The zero-order chi connectivity index (χ0) is 15.4. The first-order valence-corrected chi connectivity index (χ1v) is 7.49. The van der Waals surface area contributed by atoms with Gasteiger partial charge in [0.05, 0.1) is 11.3 Å². The Bertz CT molecular complexity index is 599. The highest BCUT2D eigenvalue weighted by Gasteiger charge is 2.62. The number of nitrogens with zero attached hydrogens (tertiary/aromatic N) is 2. The van der Waals surface area contributed by atoms with Crippen LogP contribution in [0.15, 0.2) is 6.20 Å². The van der Waals surface area contributed by atoms with Crippen molar-refractivity contribution in [3.8, 4) is 6.01 Å². The molecule has 1 aromatic heterocycles. The molecule has 0 amide bonds. The van der Waals surface area contributed by atoms with Crippen LogP contribution in [0.2, 0.25) is 0 Å². The van der Waals surface area contributed by atoms with E-state index >= 15 is 0 Å². The van der Waals surface area contributed by atoms with Crippen molar-refractivity contribution in [2.45, 2.75) is 53.1 Å². The highest BCUT2D eigenvalue weighted by molar-refractivity contribution is 5.88. The topological polar surface area (TPSA) is 72.3 Å². The predicted octanol–water partition coefficient (Wildman–Crippen LogP) is 3.08. The fraction of sp³-hybridized carbons (Fsp3) is 0.688. The van der Waals surface area contributed by atoms with E-state index in [1.807, 2.05) is 0 Å². The standard InChI is InChI=1S/C16H22N2O3/c1-9-11(13(19)20)8-17-14(18-9)21-12-7-10-5-6-16(12,4)15(10,2)3/h8,10,12H,5-7H2,1-4H3,(H,19,20). The van der Waals surface area contributed by atoms with Gasteiger partial charge < -0.3 is 9.84 Å². The van der Waals surface area contributed by atoms with Crippen molar-refractivity contribution in [1.82, 2.24) is 9.97 Å². The predicted molar refractivity (Wildman–Crippen MR) is 77.4 cm³/mol. The summed E-state index contributed by atoms with van der Waals surface area (Å²) in [7, 11) is 0. The van der Waals surface area contributed by atoms with Crippen LogP contribution < -0.4 is 4.74 Å². The van der Waals surface area contributed by atoms with Crippen molar-refractivity contribution in [2.24, 2.45) is 16.7 Å². The summed E-state index contributed by atoms with van der Waals surface area (Å²) in [6, 6.07) is 0.298. The molecule has 0 radical (unpaired) electrons. The molecule has 0 aromatic carbocycles. The zero-order valence-corrected chi connectivity index (χ0v) is 13.0. The fourth-order valence-electron chi connectivity index (χ4n) is 4.15. The quantitative estimate of drug-likeness (QED) is 0.926. The largest absolute Gasteiger partial charge is 0.478 e. The molecule has 2 fully saturated rings. The van der Waals surface area contributed by atoms with E-state index in [9.17, 15) is 4.79 Å². The molecule has 2 bridgehead atoms. The van der Waals surface area contributed by atoms with Crippen LogP contribution in [0.5, 0.6) is 6.01 Å². The third kappa shape index (κ3) is 1.93. The molecule has 1 aromatic rings. The number of carbonyl (C=O) groups is 1. The molecule has 0 aliphatic heterocycles. The molecule has 3 unspecified atom stereocenters. The molecule has 2 aliphatic carbocycles. The first kappa shape index (κ1) is 14.3. The summed E-state index contributed by atoms with van der Waals surface area (Å²) >= 11 is 0. The second kappa shape index (κ2) is 4.42. The van der Waals surface area contributed by atoms with E-state index in [4.69, 9.17) is 9.84 Å². The van der Waals surface area contributed by atoms with Crippen LogP contribution in [0.3, 0.4) is 0 Å². The lowest BCUT2D eigenvalue weighted by molar-refractivity contribution is 0.0240. The van der Waals surface area contributed by atoms with Crippen molar-refractivity contribution in [3.63, 3.8) is 0 Å². The number of aryl methyl sites for hydroxylation is 1. The average Bonchev–Trinajstić information content (AvgIpc) is 2.71. The average molecular weight is 290 g/mol. The van der Waals surface area contributed by atoms with Crippen LogP contribution in [0.4, 0.5) is 0 Å². The first-order valence-electron chi connectivity index (χ1n) is 7.49. The van der Waals surface area contributed by atoms with Gasteiger partial charge in [0, 0.05) is 11.6 Å². The minimum absolute atomic E-state index is 0.112.